The number of ether oxygens (including phenoxy) is 1. The molecular formula is C12H16N4O. The van der Waals surface area contributed by atoms with Gasteiger partial charge in [0.2, 0.25) is 0 Å². The number of aryl methyl sites for hydroxylation is 1. The Bertz CT molecular complexity index is 536. The Kier molecular flexibility index (Phi) is 2.57. The van der Waals surface area contributed by atoms with E-state index in [0.29, 0.717) is 13.2 Å². The average molecular weight is 232 g/mol. The Morgan fingerprint density at radius 2 is 2.41 bits per heavy atom. The van der Waals surface area contributed by atoms with Crippen LogP contribution in [0.25, 0.3) is 11.2 Å². The Labute approximate surface area is 99.6 Å². The molecule has 5 nitrogen and oxygen atoms in total. The largest absolute Gasteiger partial charge is 0.379 e. The van der Waals surface area contributed by atoms with E-state index in [-0.39, 0.29) is 12.0 Å². The fourth-order valence-electron chi connectivity index (χ4n) is 2.41. The van der Waals surface area contributed by atoms with Crippen molar-refractivity contribution in [2.24, 2.45) is 5.73 Å². The van der Waals surface area contributed by atoms with Crippen molar-refractivity contribution < 1.29 is 4.74 Å². The van der Waals surface area contributed by atoms with Gasteiger partial charge < -0.3 is 15.0 Å². The summed E-state index contributed by atoms with van der Waals surface area (Å²) in [6.45, 7) is 4.22. The van der Waals surface area contributed by atoms with Gasteiger partial charge in [-0.1, -0.05) is 0 Å². The lowest BCUT2D eigenvalue weighted by atomic mass is 10.0. The molecule has 2 atom stereocenters. The van der Waals surface area contributed by atoms with Crippen molar-refractivity contribution in [2.75, 3.05) is 13.2 Å². The first kappa shape index (κ1) is 10.7. The summed E-state index contributed by atoms with van der Waals surface area (Å²) in [5, 5.41) is 0. The Morgan fingerprint density at radius 1 is 1.53 bits per heavy atom. The van der Waals surface area contributed by atoms with Crippen molar-refractivity contribution >= 4 is 11.2 Å². The lowest BCUT2D eigenvalue weighted by Crippen LogP contribution is -2.28. The molecule has 1 aliphatic heterocycles. The summed E-state index contributed by atoms with van der Waals surface area (Å²) < 4.78 is 7.55. The van der Waals surface area contributed by atoms with Gasteiger partial charge >= 0.3 is 0 Å². The van der Waals surface area contributed by atoms with Crippen LogP contribution in [0.2, 0.25) is 0 Å². The standard InChI is InChI=1S/C12H16N4O/c1-2-16-11(8-6-17-7-9(8)13)15-10-4-3-5-14-12(10)16/h3-5,8-9H,2,6-7,13H2,1H3. The zero-order valence-electron chi connectivity index (χ0n) is 9.84. The number of nitrogens with two attached hydrogens (primary N) is 1. The zero-order chi connectivity index (χ0) is 11.8. The minimum Gasteiger partial charge on any atom is -0.379 e. The molecule has 5 heteroatoms. The summed E-state index contributed by atoms with van der Waals surface area (Å²) in [5.41, 5.74) is 7.93. The van der Waals surface area contributed by atoms with Crippen molar-refractivity contribution in [2.45, 2.75) is 25.4 Å². The van der Waals surface area contributed by atoms with E-state index in [1.807, 2.05) is 12.1 Å². The van der Waals surface area contributed by atoms with E-state index in [1.54, 1.807) is 6.20 Å². The molecule has 3 rings (SSSR count). The second kappa shape index (κ2) is 4.09. The minimum atomic E-state index is 0.0390. The molecular weight excluding hydrogens is 216 g/mol. The van der Waals surface area contributed by atoms with Gasteiger partial charge in [0.1, 0.15) is 11.3 Å². The summed E-state index contributed by atoms with van der Waals surface area (Å²) in [7, 11) is 0. The molecule has 0 radical (unpaired) electrons. The number of hydrogen-bond donors (Lipinski definition) is 1. The van der Waals surface area contributed by atoms with Crippen LogP contribution in [0.4, 0.5) is 0 Å². The third-order valence-corrected chi connectivity index (χ3v) is 3.31. The molecule has 2 aromatic rings. The Balaban J connectivity index is 2.15. The summed E-state index contributed by atoms with van der Waals surface area (Å²) in [6.07, 6.45) is 1.80. The maximum Gasteiger partial charge on any atom is 0.159 e. The van der Waals surface area contributed by atoms with Gasteiger partial charge in [0.15, 0.2) is 5.65 Å². The van der Waals surface area contributed by atoms with Gasteiger partial charge in [-0.05, 0) is 19.1 Å². The number of hydrogen-bond acceptors (Lipinski definition) is 4. The Hall–Kier alpha value is -1.46. The molecule has 3 heterocycles. The zero-order valence-corrected chi connectivity index (χ0v) is 9.84. The lowest BCUT2D eigenvalue weighted by Gasteiger charge is -2.14. The van der Waals surface area contributed by atoms with Crippen LogP contribution in [0.5, 0.6) is 0 Å². The SMILES string of the molecule is CCn1c(C2COCC2N)nc2cccnc21. The van der Waals surface area contributed by atoms with E-state index < -0.39 is 0 Å². The van der Waals surface area contributed by atoms with E-state index in [1.165, 1.54) is 0 Å². The average Bonchev–Trinajstić information content (AvgIpc) is 2.91. The van der Waals surface area contributed by atoms with E-state index in [2.05, 4.69) is 21.5 Å². The molecule has 1 fully saturated rings. The molecule has 0 saturated carbocycles. The molecule has 0 bridgehead atoms. The highest BCUT2D eigenvalue weighted by Gasteiger charge is 2.30. The van der Waals surface area contributed by atoms with Crippen molar-refractivity contribution in [1.29, 1.82) is 0 Å². The fraction of sp³-hybridized carbons (Fsp3) is 0.500. The van der Waals surface area contributed by atoms with E-state index in [9.17, 15) is 0 Å². The molecule has 2 N–H and O–H groups in total. The summed E-state index contributed by atoms with van der Waals surface area (Å²) in [6, 6.07) is 3.93. The molecule has 1 aliphatic rings. The molecule has 0 aromatic carbocycles. The van der Waals surface area contributed by atoms with Crippen LogP contribution in [0.1, 0.15) is 18.7 Å². The van der Waals surface area contributed by atoms with E-state index in [0.717, 1.165) is 23.5 Å². The van der Waals surface area contributed by atoms with Gasteiger partial charge in [0.25, 0.3) is 0 Å². The summed E-state index contributed by atoms with van der Waals surface area (Å²) >= 11 is 0. The number of rotatable bonds is 2. The fourth-order valence-corrected chi connectivity index (χ4v) is 2.41. The van der Waals surface area contributed by atoms with Crippen LogP contribution in [0.3, 0.4) is 0 Å². The predicted octanol–water partition coefficient (Wildman–Crippen LogP) is 0.892. The minimum absolute atomic E-state index is 0.0390. The molecule has 0 aliphatic carbocycles. The molecule has 90 valence electrons. The number of aromatic nitrogens is 3. The van der Waals surface area contributed by atoms with Gasteiger partial charge in [-0.15, -0.1) is 0 Å². The second-order valence-electron chi connectivity index (χ2n) is 4.37. The van der Waals surface area contributed by atoms with Gasteiger partial charge in [-0.2, -0.15) is 0 Å². The highest BCUT2D eigenvalue weighted by molar-refractivity contribution is 5.71. The highest BCUT2D eigenvalue weighted by atomic mass is 16.5. The van der Waals surface area contributed by atoms with Crippen molar-refractivity contribution in [3.05, 3.63) is 24.2 Å². The summed E-state index contributed by atoms with van der Waals surface area (Å²) in [4.78, 5) is 9.04. The smallest absolute Gasteiger partial charge is 0.159 e. The number of pyridine rings is 1. The maximum atomic E-state index is 6.06. The molecule has 2 aromatic heterocycles. The number of imidazole rings is 1. The molecule has 2 unspecified atom stereocenters. The molecule has 17 heavy (non-hydrogen) atoms. The topological polar surface area (TPSA) is 66.0 Å². The third-order valence-electron chi connectivity index (χ3n) is 3.31. The van der Waals surface area contributed by atoms with Gasteiger partial charge in [0, 0.05) is 18.8 Å². The maximum absolute atomic E-state index is 6.06. The quantitative estimate of drug-likeness (QED) is 0.835. The Morgan fingerprint density at radius 3 is 3.12 bits per heavy atom. The van der Waals surface area contributed by atoms with Gasteiger partial charge in [0.05, 0.1) is 19.1 Å². The van der Waals surface area contributed by atoms with Crippen LogP contribution < -0.4 is 5.73 Å². The first-order valence-electron chi connectivity index (χ1n) is 5.95. The highest BCUT2D eigenvalue weighted by Crippen LogP contribution is 2.26. The predicted molar refractivity (Wildman–Crippen MR) is 64.7 cm³/mol. The van der Waals surface area contributed by atoms with Gasteiger partial charge in [-0.3, -0.25) is 0 Å². The first-order chi connectivity index (χ1) is 8.31. The monoisotopic (exact) mass is 232 g/mol. The molecule has 1 saturated heterocycles. The molecule has 0 spiro atoms. The molecule has 0 amide bonds. The van der Waals surface area contributed by atoms with Crippen LogP contribution in [-0.4, -0.2) is 33.8 Å². The lowest BCUT2D eigenvalue weighted by molar-refractivity contribution is 0.190. The van der Waals surface area contributed by atoms with Crippen LogP contribution in [0.15, 0.2) is 18.3 Å². The van der Waals surface area contributed by atoms with Crippen molar-refractivity contribution in [1.82, 2.24) is 14.5 Å². The number of nitrogens with zero attached hydrogens (tertiary/aromatic N) is 3. The second-order valence-corrected chi connectivity index (χ2v) is 4.37. The summed E-state index contributed by atoms with van der Waals surface area (Å²) in [5.74, 6) is 1.19. The van der Waals surface area contributed by atoms with E-state index >= 15 is 0 Å². The van der Waals surface area contributed by atoms with Crippen LogP contribution in [0, 0.1) is 0 Å². The van der Waals surface area contributed by atoms with E-state index in [4.69, 9.17) is 10.5 Å². The first-order valence-corrected chi connectivity index (χ1v) is 5.95. The number of fused-ring (bicyclic) bond motifs is 1. The van der Waals surface area contributed by atoms with Crippen molar-refractivity contribution in [3.8, 4) is 0 Å². The van der Waals surface area contributed by atoms with Crippen LogP contribution in [-0.2, 0) is 11.3 Å². The van der Waals surface area contributed by atoms with Crippen LogP contribution >= 0.6 is 0 Å². The third kappa shape index (κ3) is 1.62. The van der Waals surface area contributed by atoms with Gasteiger partial charge in [-0.25, -0.2) is 9.97 Å². The normalized spacial score (nSPS) is 24.6. The van der Waals surface area contributed by atoms with Crippen molar-refractivity contribution in [3.63, 3.8) is 0 Å².